The summed E-state index contributed by atoms with van der Waals surface area (Å²) in [7, 11) is 0. The van der Waals surface area contributed by atoms with Crippen molar-refractivity contribution in [1.29, 1.82) is 5.26 Å². The summed E-state index contributed by atoms with van der Waals surface area (Å²) in [4.78, 5) is 12.6. The molecule has 0 spiro atoms. The number of hydrogen-bond acceptors (Lipinski definition) is 8. The number of oxime groups is 1. The third-order valence-electron chi connectivity index (χ3n) is 6.10. The van der Waals surface area contributed by atoms with E-state index in [1.54, 1.807) is 12.1 Å². The van der Waals surface area contributed by atoms with Crippen molar-refractivity contribution in [2.45, 2.75) is 39.2 Å². The maximum Gasteiger partial charge on any atom is 0.258 e. The van der Waals surface area contributed by atoms with Crippen LogP contribution in [0, 0.1) is 11.3 Å². The Morgan fingerprint density at radius 2 is 2.03 bits per heavy atom. The van der Waals surface area contributed by atoms with Crippen LogP contribution in [0.2, 0.25) is 0 Å². The van der Waals surface area contributed by atoms with E-state index in [4.69, 9.17) is 14.1 Å². The molecule has 1 fully saturated rings. The molecule has 0 bridgehead atoms. The van der Waals surface area contributed by atoms with Gasteiger partial charge in [0.05, 0.1) is 17.4 Å². The van der Waals surface area contributed by atoms with Crippen molar-refractivity contribution in [3.8, 4) is 34.7 Å². The molecule has 5 rings (SSSR count). The normalized spacial score (nSPS) is 16.4. The predicted molar refractivity (Wildman–Crippen MR) is 128 cm³/mol. The first-order valence-electron chi connectivity index (χ1n) is 11.7. The lowest BCUT2D eigenvalue weighted by atomic mass is 10.0. The van der Waals surface area contributed by atoms with Crippen LogP contribution in [-0.4, -0.2) is 53.1 Å². The molecule has 0 unspecified atom stereocenters. The van der Waals surface area contributed by atoms with E-state index >= 15 is 0 Å². The highest BCUT2D eigenvalue weighted by Crippen LogP contribution is 2.33. The van der Waals surface area contributed by atoms with Crippen LogP contribution < -0.4 is 4.74 Å². The highest BCUT2D eigenvalue weighted by molar-refractivity contribution is 6.05. The molecule has 8 heteroatoms. The lowest BCUT2D eigenvalue weighted by molar-refractivity contribution is 0.0852. The highest BCUT2D eigenvalue weighted by Gasteiger charge is 2.24. The quantitative estimate of drug-likeness (QED) is 0.364. The van der Waals surface area contributed by atoms with Crippen molar-refractivity contribution in [2.24, 2.45) is 5.16 Å². The molecule has 2 heterocycles. The standard InChI is InChI=1S/C26H27N5O3/c1-17(2)33-24-10-7-18(15-19(24)16-27)26-28-25(30-34-26)22-6-3-5-21-20(22)8-9-23(21)29-32-14-13-31-11-4-12-31/h3,5-7,10,15,17H,4,8-9,11-14H2,1-2H3/b29-23+. The van der Waals surface area contributed by atoms with Crippen LogP contribution >= 0.6 is 0 Å². The molecule has 8 nitrogen and oxygen atoms in total. The molecule has 0 saturated carbocycles. The summed E-state index contributed by atoms with van der Waals surface area (Å²) in [6, 6.07) is 13.5. The van der Waals surface area contributed by atoms with Crippen LogP contribution in [0.3, 0.4) is 0 Å². The lowest BCUT2D eigenvalue weighted by Crippen LogP contribution is -2.39. The average molecular weight is 458 g/mol. The third kappa shape index (κ3) is 4.52. The molecule has 0 atom stereocenters. The predicted octanol–water partition coefficient (Wildman–Crippen LogP) is 4.44. The van der Waals surface area contributed by atoms with E-state index in [-0.39, 0.29) is 6.10 Å². The zero-order chi connectivity index (χ0) is 23.5. The van der Waals surface area contributed by atoms with E-state index in [2.05, 4.69) is 32.3 Å². The Bertz CT molecular complexity index is 1250. The van der Waals surface area contributed by atoms with Crippen molar-refractivity contribution in [3.05, 3.63) is 53.1 Å². The molecule has 0 N–H and O–H groups in total. The summed E-state index contributed by atoms with van der Waals surface area (Å²) in [6.07, 6.45) is 2.93. The fourth-order valence-corrected chi connectivity index (χ4v) is 4.26. The summed E-state index contributed by atoms with van der Waals surface area (Å²) in [5.74, 6) is 1.43. The van der Waals surface area contributed by atoms with E-state index in [0.717, 1.165) is 54.9 Å². The minimum atomic E-state index is -0.0208. The van der Waals surface area contributed by atoms with Gasteiger partial charge in [-0.15, -0.1) is 0 Å². The van der Waals surface area contributed by atoms with Gasteiger partial charge in [-0.3, -0.25) is 4.90 Å². The smallest absolute Gasteiger partial charge is 0.258 e. The van der Waals surface area contributed by atoms with Gasteiger partial charge in [-0.05, 0) is 70.0 Å². The van der Waals surface area contributed by atoms with E-state index in [0.29, 0.717) is 35.2 Å². The number of nitrogens with zero attached hydrogens (tertiary/aromatic N) is 5. The van der Waals surface area contributed by atoms with Gasteiger partial charge in [-0.25, -0.2) is 0 Å². The summed E-state index contributed by atoms with van der Waals surface area (Å²) >= 11 is 0. The number of ether oxygens (including phenoxy) is 1. The number of benzene rings is 2. The number of likely N-dealkylation sites (tertiary alicyclic amines) is 1. The first kappa shape index (κ1) is 22.1. The number of rotatable bonds is 8. The van der Waals surface area contributed by atoms with Crippen LogP contribution in [0.25, 0.3) is 22.8 Å². The van der Waals surface area contributed by atoms with Crippen LogP contribution in [0.1, 0.15) is 43.4 Å². The molecule has 2 aromatic carbocycles. The van der Waals surface area contributed by atoms with Crippen molar-refractivity contribution < 1.29 is 14.1 Å². The summed E-state index contributed by atoms with van der Waals surface area (Å²) < 4.78 is 11.3. The van der Waals surface area contributed by atoms with Gasteiger partial charge in [-0.2, -0.15) is 10.2 Å². The topological polar surface area (TPSA) is 96.8 Å². The fourth-order valence-electron chi connectivity index (χ4n) is 4.26. The number of hydrogen-bond donors (Lipinski definition) is 0. The number of aromatic nitrogens is 2. The van der Waals surface area contributed by atoms with Gasteiger partial charge in [0.1, 0.15) is 18.4 Å². The molecule has 0 radical (unpaired) electrons. The molecular formula is C26H27N5O3. The van der Waals surface area contributed by atoms with Gasteiger partial charge in [0, 0.05) is 23.2 Å². The van der Waals surface area contributed by atoms with Crippen LogP contribution in [-0.2, 0) is 11.3 Å². The van der Waals surface area contributed by atoms with Gasteiger partial charge in [0.2, 0.25) is 5.82 Å². The molecule has 1 saturated heterocycles. The van der Waals surface area contributed by atoms with Gasteiger partial charge in [0.25, 0.3) is 5.89 Å². The maximum absolute atomic E-state index is 9.52. The van der Waals surface area contributed by atoms with Crippen molar-refractivity contribution in [1.82, 2.24) is 15.0 Å². The van der Waals surface area contributed by atoms with Crippen molar-refractivity contribution >= 4 is 5.71 Å². The van der Waals surface area contributed by atoms with Gasteiger partial charge in [0.15, 0.2) is 0 Å². The van der Waals surface area contributed by atoms with Gasteiger partial charge in [-0.1, -0.05) is 28.5 Å². The molecule has 1 aliphatic carbocycles. The monoisotopic (exact) mass is 457 g/mol. The molecular weight excluding hydrogens is 430 g/mol. The fraction of sp³-hybridized carbons (Fsp3) is 0.385. The lowest BCUT2D eigenvalue weighted by Gasteiger charge is -2.29. The second-order valence-corrected chi connectivity index (χ2v) is 8.81. The van der Waals surface area contributed by atoms with Gasteiger partial charge >= 0.3 is 0 Å². The Labute approximate surface area is 198 Å². The number of nitriles is 1. The zero-order valence-electron chi connectivity index (χ0n) is 19.5. The Kier molecular flexibility index (Phi) is 6.28. The Hall–Kier alpha value is -3.70. The second kappa shape index (κ2) is 9.65. The average Bonchev–Trinajstić information content (AvgIpc) is 3.45. The first-order chi connectivity index (χ1) is 16.6. The van der Waals surface area contributed by atoms with E-state index < -0.39 is 0 Å². The van der Waals surface area contributed by atoms with Crippen LogP contribution in [0.5, 0.6) is 5.75 Å². The molecule has 3 aromatic rings. The van der Waals surface area contributed by atoms with Crippen LogP contribution in [0.15, 0.2) is 46.1 Å². The third-order valence-corrected chi connectivity index (χ3v) is 6.10. The first-order valence-corrected chi connectivity index (χ1v) is 11.7. The minimum Gasteiger partial charge on any atom is -0.490 e. The Balaban J connectivity index is 1.35. The molecule has 1 aromatic heterocycles. The van der Waals surface area contributed by atoms with Crippen molar-refractivity contribution in [2.75, 3.05) is 26.2 Å². The SMILES string of the molecule is CC(C)Oc1ccc(-c2nc(-c3cccc4c3CC/C4=N\OCCN3CCC3)no2)cc1C#N. The molecule has 1 aliphatic heterocycles. The number of fused-ring (bicyclic) bond motifs is 1. The highest BCUT2D eigenvalue weighted by atomic mass is 16.6. The summed E-state index contributed by atoms with van der Waals surface area (Å²) in [6.45, 7) is 7.70. The van der Waals surface area contributed by atoms with E-state index in [1.165, 1.54) is 6.42 Å². The van der Waals surface area contributed by atoms with E-state index in [9.17, 15) is 5.26 Å². The van der Waals surface area contributed by atoms with Crippen molar-refractivity contribution in [3.63, 3.8) is 0 Å². The molecule has 0 amide bonds. The largest absolute Gasteiger partial charge is 0.490 e. The Morgan fingerprint density at radius 3 is 2.79 bits per heavy atom. The van der Waals surface area contributed by atoms with Crippen LogP contribution in [0.4, 0.5) is 0 Å². The minimum absolute atomic E-state index is 0.0208. The molecule has 174 valence electrons. The molecule has 34 heavy (non-hydrogen) atoms. The maximum atomic E-state index is 9.52. The second-order valence-electron chi connectivity index (χ2n) is 8.81. The van der Waals surface area contributed by atoms with E-state index in [1.807, 2.05) is 32.0 Å². The Morgan fingerprint density at radius 1 is 1.18 bits per heavy atom. The summed E-state index contributed by atoms with van der Waals surface area (Å²) in [5, 5.41) is 18.2. The zero-order valence-corrected chi connectivity index (χ0v) is 19.5. The van der Waals surface area contributed by atoms with Gasteiger partial charge < -0.3 is 14.1 Å². The summed E-state index contributed by atoms with van der Waals surface area (Å²) in [5.41, 5.74) is 5.23. The molecule has 2 aliphatic rings.